The molecule has 1 N–H and O–H groups in total. The van der Waals surface area contributed by atoms with Gasteiger partial charge in [-0.15, -0.1) is 0 Å². The molecule has 0 radical (unpaired) electrons. The second-order valence-corrected chi connectivity index (χ2v) is 4.98. The fraction of sp³-hybridized carbons (Fsp3) is 0.385. The number of rotatable bonds is 3. The van der Waals surface area contributed by atoms with Gasteiger partial charge in [0.2, 0.25) is 0 Å². The molecule has 0 atom stereocenters. The minimum atomic E-state index is -0.847. The molecule has 1 aromatic carbocycles. The minimum absolute atomic E-state index is 0.227. The zero-order valence-corrected chi connectivity index (χ0v) is 10.4. The van der Waals surface area contributed by atoms with Crippen LogP contribution in [0.2, 0.25) is 0 Å². The lowest BCUT2D eigenvalue weighted by Gasteiger charge is -2.37. The van der Waals surface area contributed by atoms with Gasteiger partial charge in [-0.2, -0.15) is 0 Å². The molecule has 0 amide bonds. The fourth-order valence-electron chi connectivity index (χ4n) is 2.32. The number of hydrogen-bond donors (Lipinski definition) is 1. The number of aromatic nitrogens is 1. The quantitative estimate of drug-likeness (QED) is 0.884. The number of carbonyl (C=O) groups is 1. The van der Waals surface area contributed by atoms with E-state index in [1.165, 1.54) is 4.57 Å². The highest BCUT2D eigenvalue weighted by molar-refractivity contribution is 5.77. The second-order valence-electron chi connectivity index (χ2n) is 4.98. The number of ether oxygens (including phenoxy) is 1. The van der Waals surface area contributed by atoms with Crippen LogP contribution in [0, 0.1) is 5.41 Å². The van der Waals surface area contributed by atoms with E-state index in [0.29, 0.717) is 17.5 Å². The lowest BCUT2D eigenvalue weighted by atomic mass is 9.80. The molecule has 3 rings (SSSR count). The molecule has 6 heteroatoms. The van der Waals surface area contributed by atoms with Crippen LogP contribution in [0.5, 0.6) is 0 Å². The van der Waals surface area contributed by atoms with E-state index in [1.54, 1.807) is 25.2 Å². The number of oxazole rings is 1. The molecule has 0 spiro atoms. The van der Waals surface area contributed by atoms with Crippen LogP contribution in [0.4, 0.5) is 0 Å². The van der Waals surface area contributed by atoms with Crippen molar-refractivity contribution in [2.24, 2.45) is 12.5 Å². The van der Waals surface area contributed by atoms with Crippen molar-refractivity contribution in [3.8, 4) is 0 Å². The first-order valence-corrected chi connectivity index (χ1v) is 5.91. The van der Waals surface area contributed by atoms with Gasteiger partial charge in [-0.25, -0.2) is 4.79 Å². The van der Waals surface area contributed by atoms with Gasteiger partial charge in [0.25, 0.3) is 0 Å². The Labute approximate surface area is 108 Å². The number of carboxylic acids is 1. The first kappa shape index (κ1) is 12.0. The van der Waals surface area contributed by atoms with Crippen LogP contribution in [0.25, 0.3) is 11.1 Å². The van der Waals surface area contributed by atoms with E-state index >= 15 is 0 Å². The summed E-state index contributed by atoms with van der Waals surface area (Å²) in [7, 11) is 1.62. The third-order valence-electron chi connectivity index (χ3n) is 3.61. The summed E-state index contributed by atoms with van der Waals surface area (Å²) in [6, 6.07) is 5.28. The van der Waals surface area contributed by atoms with Crippen LogP contribution < -0.4 is 5.76 Å². The average molecular weight is 263 g/mol. The third kappa shape index (κ3) is 1.76. The number of nitrogens with zero attached hydrogens (tertiary/aromatic N) is 1. The molecule has 6 nitrogen and oxygen atoms in total. The molecule has 1 aliphatic rings. The SMILES string of the molecule is Cn1c(=O)oc2ccc(CC3(C(=O)O)COC3)cc21. The number of aliphatic carboxylic acids is 1. The van der Waals surface area contributed by atoms with E-state index in [-0.39, 0.29) is 13.2 Å². The Hall–Kier alpha value is -2.08. The van der Waals surface area contributed by atoms with Crippen molar-refractivity contribution < 1.29 is 19.1 Å². The number of aryl methyl sites for hydroxylation is 1. The number of hydrogen-bond acceptors (Lipinski definition) is 4. The van der Waals surface area contributed by atoms with Crippen molar-refractivity contribution in [3.05, 3.63) is 34.3 Å². The minimum Gasteiger partial charge on any atom is -0.481 e. The summed E-state index contributed by atoms with van der Waals surface area (Å²) in [5.41, 5.74) is 1.19. The smallest absolute Gasteiger partial charge is 0.419 e. The Morgan fingerprint density at radius 2 is 2.21 bits per heavy atom. The Morgan fingerprint density at radius 1 is 1.47 bits per heavy atom. The van der Waals surface area contributed by atoms with Crippen molar-refractivity contribution in [2.75, 3.05) is 13.2 Å². The highest BCUT2D eigenvalue weighted by atomic mass is 16.5. The van der Waals surface area contributed by atoms with Crippen molar-refractivity contribution in [3.63, 3.8) is 0 Å². The molecule has 1 aromatic heterocycles. The van der Waals surface area contributed by atoms with E-state index in [1.807, 2.05) is 0 Å². The molecule has 1 saturated heterocycles. The fourth-order valence-corrected chi connectivity index (χ4v) is 2.32. The second kappa shape index (κ2) is 3.96. The van der Waals surface area contributed by atoms with Gasteiger partial charge in [0.05, 0.1) is 18.7 Å². The molecular weight excluding hydrogens is 250 g/mol. The number of fused-ring (bicyclic) bond motifs is 1. The Kier molecular flexibility index (Phi) is 2.50. The molecule has 0 unspecified atom stereocenters. The standard InChI is InChI=1S/C13H13NO5/c1-14-9-4-8(2-3-10(9)19-12(14)17)5-13(11(15)16)6-18-7-13/h2-4H,5-7H2,1H3,(H,15,16). The lowest BCUT2D eigenvalue weighted by molar-refractivity contribution is -0.179. The van der Waals surface area contributed by atoms with Crippen LogP contribution in [-0.2, 0) is 23.0 Å². The van der Waals surface area contributed by atoms with Gasteiger partial charge >= 0.3 is 11.7 Å². The summed E-state index contributed by atoms with van der Waals surface area (Å²) in [5, 5.41) is 9.26. The summed E-state index contributed by atoms with van der Waals surface area (Å²) in [6.45, 7) is 0.454. The van der Waals surface area contributed by atoms with Crippen molar-refractivity contribution >= 4 is 17.1 Å². The maximum Gasteiger partial charge on any atom is 0.419 e. The summed E-state index contributed by atoms with van der Waals surface area (Å²) >= 11 is 0. The van der Waals surface area contributed by atoms with E-state index < -0.39 is 17.1 Å². The molecule has 0 bridgehead atoms. The van der Waals surface area contributed by atoms with Gasteiger partial charge in [0, 0.05) is 7.05 Å². The van der Waals surface area contributed by atoms with Gasteiger partial charge < -0.3 is 14.3 Å². The third-order valence-corrected chi connectivity index (χ3v) is 3.61. The Morgan fingerprint density at radius 3 is 2.79 bits per heavy atom. The topological polar surface area (TPSA) is 81.7 Å². The monoisotopic (exact) mass is 263 g/mol. The first-order valence-electron chi connectivity index (χ1n) is 5.91. The van der Waals surface area contributed by atoms with Crippen LogP contribution in [0.3, 0.4) is 0 Å². The average Bonchev–Trinajstić information content (AvgIpc) is 2.60. The van der Waals surface area contributed by atoms with Crippen LogP contribution >= 0.6 is 0 Å². The lowest BCUT2D eigenvalue weighted by Crippen LogP contribution is -2.50. The number of carboxylic acid groups (broad SMARTS) is 1. The van der Waals surface area contributed by atoms with Crippen LogP contribution in [-0.4, -0.2) is 28.9 Å². The van der Waals surface area contributed by atoms with Crippen LogP contribution in [0.15, 0.2) is 27.4 Å². The van der Waals surface area contributed by atoms with Gasteiger partial charge in [-0.1, -0.05) is 6.07 Å². The summed E-state index contributed by atoms with van der Waals surface area (Å²) < 4.78 is 11.5. The summed E-state index contributed by atoms with van der Waals surface area (Å²) in [5.74, 6) is -1.27. The summed E-state index contributed by atoms with van der Waals surface area (Å²) in [4.78, 5) is 22.7. The Bertz CT molecular complexity index is 707. The molecule has 2 heterocycles. The molecule has 1 aliphatic heterocycles. The zero-order chi connectivity index (χ0) is 13.6. The van der Waals surface area contributed by atoms with Gasteiger partial charge in [-0.3, -0.25) is 9.36 Å². The predicted molar refractivity (Wildman–Crippen MR) is 66.0 cm³/mol. The number of benzene rings is 1. The van der Waals surface area contributed by atoms with Crippen molar-refractivity contribution in [1.82, 2.24) is 4.57 Å². The van der Waals surface area contributed by atoms with Crippen molar-refractivity contribution in [1.29, 1.82) is 0 Å². The predicted octanol–water partition coefficient (Wildman–Crippen LogP) is 0.775. The van der Waals surface area contributed by atoms with E-state index in [2.05, 4.69) is 0 Å². The van der Waals surface area contributed by atoms with Gasteiger partial charge in [-0.05, 0) is 24.1 Å². The first-order chi connectivity index (χ1) is 9.02. The van der Waals surface area contributed by atoms with E-state index in [0.717, 1.165) is 5.56 Å². The normalized spacial score (nSPS) is 17.3. The molecule has 2 aromatic rings. The van der Waals surface area contributed by atoms with E-state index in [9.17, 15) is 14.7 Å². The maximum atomic E-state index is 11.4. The van der Waals surface area contributed by atoms with Crippen LogP contribution in [0.1, 0.15) is 5.56 Å². The highest BCUT2D eigenvalue weighted by Gasteiger charge is 2.46. The van der Waals surface area contributed by atoms with Gasteiger partial charge in [0.1, 0.15) is 5.41 Å². The largest absolute Gasteiger partial charge is 0.481 e. The van der Waals surface area contributed by atoms with Crippen molar-refractivity contribution in [2.45, 2.75) is 6.42 Å². The molecule has 1 fully saturated rings. The molecule has 0 aliphatic carbocycles. The molecular formula is C13H13NO5. The maximum absolute atomic E-state index is 11.4. The van der Waals surface area contributed by atoms with Gasteiger partial charge in [0.15, 0.2) is 5.58 Å². The molecule has 0 saturated carbocycles. The highest BCUT2D eigenvalue weighted by Crippen LogP contribution is 2.32. The zero-order valence-electron chi connectivity index (χ0n) is 10.4. The van der Waals surface area contributed by atoms with E-state index in [4.69, 9.17) is 9.15 Å². The molecule has 19 heavy (non-hydrogen) atoms. The molecule has 100 valence electrons. The Balaban J connectivity index is 2.00. The summed E-state index contributed by atoms with van der Waals surface area (Å²) in [6.07, 6.45) is 0.387.